The molecule has 4 heteroatoms. The summed E-state index contributed by atoms with van der Waals surface area (Å²) in [6.45, 7) is 8.41. The number of piperidine rings is 1. The van der Waals surface area contributed by atoms with Crippen molar-refractivity contribution in [2.75, 3.05) is 6.54 Å². The fourth-order valence-corrected chi connectivity index (χ4v) is 2.53. The molecule has 1 amide bonds. The van der Waals surface area contributed by atoms with E-state index in [0.29, 0.717) is 0 Å². The van der Waals surface area contributed by atoms with Crippen LogP contribution in [0.4, 0.5) is 4.79 Å². The summed E-state index contributed by atoms with van der Waals surface area (Å²) in [5.74, 6) is 0. The molecule has 0 aromatic carbocycles. The first kappa shape index (κ1) is 14.8. The lowest BCUT2D eigenvalue weighted by molar-refractivity contribution is 0.00898. The summed E-state index contributed by atoms with van der Waals surface area (Å²) in [4.78, 5) is 18.8. The molecule has 0 N–H and O–H groups in total. The Labute approximate surface area is 121 Å². The highest BCUT2D eigenvalue weighted by atomic mass is 16.6. The number of amides is 1. The molecule has 1 saturated heterocycles. The third kappa shape index (κ3) is 3.71. The van der Waals surface area contributed by atoms with E-state index in [-0.39, 0.29) is 12.1 Å². The molecule has 20 heavy (non-hydrogen) atoms. The van der Waals surface area contributed by atoms with Crippen LogP contribution in [-0.2, 0) is 4.74 Å². The van der Waals surface area contributed by atoms with E-state index in [0.717, 1.165) is 37.2 Å². The van der Waals surface area contributed by atoms with Crippen LogP contribution in [0.5, 0.6) is 0 Å². The number of aryl methyl sites for hydroxylation is 1. The van der Waals surface area contributed by atoms with Gasteiger partial charge in [-0.1, -0.05) is 6.07 Å². The smallest absolute Gasteiger partial charge is 0.410 e. The Kier molecular flexibility index (Phi) is 4.31. The Morgan fingerprint density at radius 2 is 2.10 bits per heavy atom. The Balaban J connectivity index is 2.19. The van der Waals surface area contributed by atoms with Gasteiger partial charge in [-0.15, -0.1) is 0 Å². The van der Waals surface area contributed by atoms with Crippen LogP contribution < -0.4 is 0 Å². The van der Waals surface area contributed by atoms with E-state index in [1.54, 1.807) is 0 Å². The predicted molar refractivity (Wildman–Crippen MR) is 78.5 cm³/mol. The number of ether oxygens (including phenoxy) is 1. The minimum atomic E-state index is -0.459. The number of pyridine rings is 1. The lowest BCUT2D eigenvalue weighted by Gasteiger charge is -2.36. The van der Waals surface area contributed by atoms with Crippen molar-refractivity contribution >= 4 is 6.09 Å². The standard InChI is InChI=1S/C16H24N2O2/c1-12-8-7-9-13(17-12)14-10-5-6-11-18(14)15(19)20-16(2,3)4/h7-9,14H,5-6,10-11H2,1-4H3/t14-/m1/s1. The minimum absolute atomic E-state index is 0.0403. The molecule has 0 unspecified atom stereocenters. The molecule has 4 nitrogen and oxygen atoms in total. The third-order valence-electron chi connectivity index (χ3n) is 3.38. The maximum Gasteiger partial charge on any atom is 0.410 e. The summed E-state index contributed by atoms with van der Waals surface area (Å²) < 4.78 is 5.52. The van der Waals surface area contributed by atoms with Crippen LogP contribution in [0.25, 0.3) is 0 Å². The lowest BCUT2D eigenvalue weighted by Crippen LogP contribution is -2.42. The van der Waals surface area contributed by atoms with E-state index in [1.807, 2.05) is 50.8 Å². The first-order valence-electron chi connectivity index (χ1n) is 7.30. The SMILES string of the molecule is Cc1cccc([C@H]2CCCCN2C(=O)OC(C)(C)C)n1. The van der Waals surface area contributed by atoms with Crippen LogP contribution >= 0.6 is 0 Å². The second kappa shape index (κ2) is 5.81. The number of hydrogen-bond donors (Lipinski definition) is 0. The maximum atomic E-state index is 12.4. The van der Waals surface area contributed by atoms with Gasteiger partial charge in [0, 0.05) is 12.2 Å². The number of carbonyl (C=O) groups is 1. The van der Waals surface area contributed by atoms with Crippen LogP contribution in [0, 0.1) is 6.92 Å². The van der Waals surface area contributed by atoms with Gasteiger partial charge in [0.25, 0.3) is 0 Å². The molecule has 1 atom stereocenters. The van der Waals surface area contributed by atoms with E-state index < -0.39 is 5.60 Å². The Hall–Kier alpha value is -1.58. The van der Waals surface area contributed by atoms with Gasteiger partial charge in [0.1, 0.15) is 5.60 Å². The van der Waals surface area contributed by atoms with Crippen LogP contribution in [0.2, 0.25) is 0 Å². The molecule has 1 aliphatic rings. The van der Waals surface area contributed by atoms with Crippen molar-refractivity contribution in [3.63, 3.8) is 0 Å². The summed E-state index contributed by atoms with van der Waals surface area (Å²) in [6.07, 6.45) is 2.88. The first-order chi connectivity index (χ1) is 9.37. The molecule has 1 aromatic rings. The van der Waals surface area contributed by atoms with Crippen molar-refractivity contribution < 1.29 is 9.53 Å². The second-order valence-electron chi connectivity index (χ2n) is 6.39. The predicted octanol–water partition coefficient (Wildman–Crippen LogP) is 3.85. The molecule has 1 fully saturated rings. The highest BCUT2D eigenvalue weighted by Crippen LogP contribution is 2.31. The molecule has 2 heterocycles. The molecule has 110 valence electrons. The third-order valence-corrected chi connectivity index (χ3v) is 3.38. The first-order valence-corrected chi connectivity index (χ1v) is 7.30. The van der Waals surface area contributed by atoms with E-state index in [9.17, 15) is 4.79 Å². The Morgan fingerprint density at radius 3 is 2.75 bits per heavy atom. The lowest BCUT2D eigenvalue weighted by atomic mass is 9.99. The number of nitrogens with zero attached hydrogens (tertiary/aromatic N) is 2. The molecule has 2 rings (SSSR count). The van der Waals surface area contributed by atoms with Gasteiger partial charge in [0.05, 0.1) is 11.7 Å². The summed E-state index contributed by atoms with van der Waals surface area (Å²) in [5, 5.41) is 0. The molecule has 0 spiro atoms. The quantitative estimate of drug-likeness (QED) is 0.782. The molecular formula is C16H24N2O2. The van der Waals surface area contributed by atoms with Crippen molar-refractivity contribution in [2.24, 2.45) is 0 Å². The molecule has 0 radical (unpaired) electrons. The van der Waals surface area contributed by atoms with Gasteiger partial charge in [0.15, 0.2) is 0 Å². The number of hydrogen-bond acceptors (Lipinski definition) is 3. The van der Waals surface area contributed by atoms with Crippen molar-refractivity contribution in [3.05, 3.63) is 29.6 Å². The average molecular weight is 276 g/mol. The fourth-order valence-electron chi connectivity index (χ4n) is 2.53. The molecule has 0 saturated carbocycles. The van der Waals surface area contributed by atoms with Gasteiger partial charge in [-0.05, 0) is 59.1 Å². The fraction of sp³-hybridized carbons (Fsp3) is 0.625. The van der Waals surface area contributed by atoms with Gasteiger partial charge in [0.2, 0.25) is 0 Å². The van der Waals surface area contributed by atoms with Crippen molar-refractivity contribution in [3.8, 4) is 0 Å². The summed E-state index contributed by atoms with van der Waals surface area (Å²) in [6, 6.07) is 6.02. The normalized spacial score (nSPS) is 19.8. The summed E-state index contributed by atoms with van der Waals surface area (Å²) in [7, 11) is 0. The number of rotatable bonds is 1. The monoisotopic (exact) mass is 276 g/mol. The maximum absolute atomic E-state index is 12.4. The molecule has 1 aliphatic heterocycles. The molecule has 0 aliphatic carbocycles. The topological polar surface area (TPSA) is 42.4 Å². The van der Waals surface area contributed by atoms with Gasteiger partial charge in [-0.2, -0.15) is 0 Å². The molecular weight excluding hydrogens is 252 g/mol. The zero-order valence-corrected chi connectivity index (χ0v) is 12.8. The van der Waals surface area contributed by atoms with Crippen LogP contribution in [0.3, 0.4) is 0 Å². The van der Waals surface area contributed by atoms with E-state index in [2.05, 4.69) is 4.98 Å². The van der Waals surface area contributed by atoms with Crippen LogP contribution in [0.15, 0.2) is 18.2 Å². The van der Waals surface area contributed by atoms with E-state index >= 15 is 0 Å². The minimum Gasteiger partial charge on any atom is -0.444 e. The highest BCUT2D eigenvalue weighted by Gasteiger charge is 2.32. The number of likely N-dealkylation sites (tertiary alicyclic amines) is 1. The number of aromatic nitrogens is 1. The largest absolute Gasteiger partial charge is 0.444 e. The van der Waals surface area contributed by atoms with E-state index in [4.69, 9.17) is 4.74 Å². The van der Waals surface area contributed by atoms with Crippen molar-refractivity contribution in [1.29, 1.82) is 0 Å². The second-order valence-corrected chi connectivity index (χ2v) is 6.39. The number of carbonyl (C=O) groups excluding carboxylic acids is 1. The average Bonchev–Trinajstić information content (AvgIpc) is 2.37. The van der Waals surface area contributed by atoms with Gasteiger partial charge >= 0.3 is 6.09 Å². The summed E-state index contributed by atoms with van der Waals surface area (Å²) >= 11 is 0. The van der Waals surface area contributed by atoms with Gasteiger partial charge < -0.3 is 4.74 Å². The zero-order chi connectivity index (χ0) is 14.8. The molecule has 0 bridgehead atoms. The van der Waals surface area contributed by atoms with Gasteiger partial charge in [-0.25, -0.2) is 4.79 Å². The van der Waals surface area contributed by atoms with Crippen LogP contribution in [-0.4, -0.2) is 28.1 Å². The van der Waals surface area contributed by atoms with Crippen molar-refractivity contribution in [2.45, 2.75) is 58.6 Å². The van der Waals surface area contributed by atoms with Crippen LogP contribution in [0.1, 0.15) is 57.5 Å². The Morgan fingerprint density at radius 1 is 1.35 bits per heavy atom. The van der Waals surface area contributed by atoms with Gasteiger partial charge in [-0.3, -0.25) is 9.88 Å². The van der Waals surface area contributed by atoms with Crippen molar-refractivity contribution in [1.82, 2.24) is 9.88 Å². The zero-order valence-electron chi connectivity index (χ0n) is 12.8. The van der Waals surface area contributed by atoms with E-state index in [1.165, 1.54) is 0 Å². The summed E-state index contributed by atoms with van der Waals surface area (Å²) in [5.41, 5.74) is 1.49. The molecule has 1 aromatic heterocycles. The highest BCUT2D eigenvalue weighted by molar-refractivity contribution is 5.69. The Bertz CT molecular complexity index is 480.